The zero-order chi connectivity index (χ0) is 30.3. The summed E-state index contributed by atoms with van der Waals surface area (Å²) in [6.45, 7) is 3.66. The SMILES string of the molecule is CC(C)CNC(=O)[C@H](Cc1ccccc1)N(Cc1ccc(Cl)c(Cl)c1)C(=O)CN(c1cc(Cl)ccc1Cl)S(C)(=O)=O. The molecule has 7 nitrogen and oxygen atoms in total. The summed E-state index contributed by atoms with van der Waals surface area (Å²) >= 11 is 24.8. The standard InChI is InChI=1S/C29H31Cl4N3O4S/c1-19(2)16-34-29(38)27(14-20-7-5-4-6-8-20)35(17-21-9-11-23(31)25(33)13-21)28(37)18-36(41(3,39)40)26-15-22(30)10-12-24(26)32/h4-13,15,19,27H,14,16-18H2,1-3H3,(H,34,38)/t27-/m0/s1. The molecule has 1 atom stereocenters. The van der Waals surface area contributed by atoms with E-state index in [2.05, 4.69) is 5.32 Å². The number of carbonyl (C=O) groups excluding carboxylic acids is 2. The van der Waals surface area contributed by atoms with Crippen molar-refractivity contribution in [3.8, 4) is 0 Å². The molecule has 0 bridgehead atoms. The van der Waals surface area contributed by atoms with Gasteiger partial charge >= 0.3 is 0 Å². The highest BCUT2D eigenvalue weighted by Gasteiger charge is 2.33. The Labute approximate surface area is 261 Å². The lowest BCUT2D eigenvalue weighted by atomic mass is 10.0. The van der Waals surface area contributed by atoms with Crippen molar-refractivity contribution in [3.05, 3.63) is 97.9 Å². The van der Waals surface area contributed by atoms with Crippen LogP contribution in [-0.2, 0) is 32.6 Å². The summed E-state index contributed by atoms with van der Waals surface area (Å²) in [5.41, 5.74) is 1.48. The van der Waals surface area contributed by atoms with Crippen LogP contribution in [0, 0.1) is 5.92 Å². The highest BCUT2D eigenvalue weighted by atomic mass is 35.5. The monoisotopic (exact) mass is 657 g/mol. The number of carbonyl (C=O) groups is 2. The maximum absolute atomic E-state index is 14.1. The van der Waals surface area contributed by atoms with E-state index in [-0.39, 0.29) is 45.5 Å². The van der Waals surface area contributed by atoms with Crippen molar-refractivity contribution in [1.82, 2.24) is 10.2 Å². The number of nitrogens with zero attached hydrogens (tertiary/aromatic N) is 2. The summed E-state index contributed by atoms with van der Waals surface area (Å²) in [5, 5.41) is 3.88. The van der Waals surface area contributed by atoms with Gasteiger partial charge in [-0.25, -0.2) is 8.42 Å². The van der Waals surface area contributed by atoms with E-state index in [1.165, 1.54) is 23.1 Å². The number of nitrogens with one attached hydrogen (secondary N) is 1. The number of rotatable bonds is 12. The molecular weight excluding hydrogens is 628 g/mol. The lowest BCUT2D eigenvalue weighted by molar-refractivity contribution is -0.140. The smallest absolute Gasteiger partial charge is 0.244 e. The van der Waals surface area contributed by atoms with Crippen LogP contribution < -0.4 is 9.62 Å². The molecular formula is C29H31Cl4N3O4S. The van der Waals surface area contributed by atoms with E-state index in [1.807, 2.05) is 44.2 Å². The van der Waals surface area contributed by atoms with Crippen LogP contribution in [-0.4, -0.2) is 50.5 Å². The van der Waals surface area contributed by atoms with Crippen molar-refractivity contribution < 1.29 is 18.0 Å². The van der Waals surface area contributed by atoms with Gasteiger partial charge in [0.05, 0.1) is 27.0 Å². The third-order valence-corrected chi connectivity index (χ3v) is 8.57. The number of hydrogen-bond donors (Lipinski definition) is 1. The average Bonchev–Trinajstić information content (AvgIpc) is 2.91. The van der Waals surface area contributed by atoms with Crippen LogP contribution in [0.1, 0.15) is 25.0 Å². The van der Waals surface area contributed by atoms with Crippen molar-refractivity contribution >= 4 is 73.9 Å². The second kappa shape index (κ2) is 14.6. The highest BCUT2D eigenvalue weighted by Crippen LogP contribution is 2.31. The predicted molar refractivity (Wildman–Crippen MR) is 167 cm³/mol. The maximum atomic E-state index is 14.1. The molecule has 41 heavy (non-hydrogen) atoms. The van der Waals surface area contributed by atoms with Gasteiger partial charge in [-0.3, -0.25) is 13.9 Å². The van der Waals surface area contributed by atoms with Crippen molar-refractivity contribution in [3.63, 3.8) is 0 Å². The quantitative estimate of drug-likeness (QED) is 0.241. The summed E-state index contributed by atoms with van der Waals surface area (Å²) in [5.74, 6) is -0.831. The van der Waals surface area contributed by atoms with E-state index in [0.717, 1.165) is 16.1 Å². The van der Waals surface area contributed by atoms with Crippen molar-refractivity contribution in [2.24, 2.45) is 5.92 Å². The first kappa shape index (κ1) is 33.0. The van der Waals surface area contributed by atoms with Gasteiger partial charge in [-0.15, -0.1) is 0 Å². The molecule has 12 heteroatoms. The zero-order valence-electron chi connectivity index (χ0n) is 22.8. The molecule has 0 saturated heterocycles. The molecule has 0 aliphatic carbocycles. The molecule has 0 aromatic heterocycles. The molecule has 0 saturated carbocycles. The average molecular weight is 659 g/mol. The van der Waals surface area contributed by atoms with Gasteiger partial charge < -0.3 is 10.2 Å². The topological polar surface area (TPSA) is 86.8 Å². The molecule has 0 aliphatic rings. The molecule has 0 radical (unpaired) electrons. The fraction of sp³-hybridized carbons (Fsp3) is 0.310. The summed E-state index contributed by atoms with van der Waals surface area (Å²) in [6, 6.07) is 17.5. The largest absolute Gasteiger partial charge is 0.354 e. The minimum absolute atomic E-state index is 0.0385. The van der Waals surface area contributed by atoms with Crippen LogP contribution in [0.25, 0.3) is 0 Å². The summed E-state index contributed by atoms with van der Waals surface area (Å²) in [7, 11) is -3.99. The van der Waals surface area contributed by atoms with Crippen molar-refractivity contribution in [2.45, 2.75) is 32.9 Å². The molecule has 220 valence electrons. The Balaban J connectivity index is 2.09. The molecule has 0 heterocycles. The van der Waals surface area contributed by atoms with Gasteiger partial charge in [0, 0.05) is 24.5 Å². The molecule has 2 amide bonds. The molecule has 3 aromatic rings. The first-order chi connectivity index (χ1) is 19.3. The van der Waals surface area contributed by atoms with Gasteiger partial charge in [-0.1, -0.05) is 96.6 Å². The summed E-state index contributed by atoms with van der Waals surface area (Å²) in [4.78, 5) is 29.1. The number of benzene rings is 3. The number of hydrogen-bond acceptors (Lipinski definition) is 4. The number of amides is 2. The molecule has 0 spiro atoms. The van der Waals surface area contributed by atoms with Gasteiger partial charge in [-0.05, 0) is 47.4 Å². The lowest BCUT2D eigenvalue weighted by Gasteiger charge is -2.34. The van der Waals surface area contributed by atoms with Crippen LogP contribution in [0.15, 0.2) is 66.7 Å². The van der Waals surface area contributed by atoms with Gasteiger partial charge in [-0.2, -0.15) is 0 Å². The summed E-state index contributed by atoms with van der Waals surface area (Å²) in [6.07, 6.45) is 1.16. The van der Waals surface area contributed by atoms with E-state index in [0.29, 0.717) is 17.1 Å². The third kappa shape index (κ3) is 9.51. The molecule has 0 aliphatic heterocycles. The second-order valence-corrected chi connectivity index (χ2v) is 13.5. The zero-order valence-corrected chi connectivity index (χ0v) is 26.6. The van der Waals surface area contributed by atoms with Gasteiger partial charge in [0.2, 0.25) is 21.8 Å². The highest BCUT2D eigenvalue weighted by molar-refractivity contribution is 7.92. The van der Waals surface area contributed by atoms with Crippen LogP contribution in [0.3, 0.4) is 0 Å². The Morgan fingerprint density at radius 3 is 2.12 bits per heavy atom. The van der Waals surface area contributed by atoms with E-state index >= 15 is 0 Å². The van der Waals surface area contributed by atoms with E-state index in [1.54, 1.807) is 18.2 Å². The summed E-state index contributed by atoms with van der Waals surface area (Å²) < 4.78 is 26.7. The predicted octanol–water partition coefficient (Wildman–Crippen LogP) is 6.48. The number of sulfonamides is 1. The molecule has 3 rings (SSSR count). The van der Waals surface area contributed by atoms with Crippen molar-refractivity contribution in [1.29, 1.82) is 0 Å². The van der Waals surface area contributed by atoms with E-state index in [9.17, 15) is 18.0 Å². The fourth-order valence-corrected chi connectivity index (χ4v) is 5.69. The first-order valence-electron chi connectivity index (χ1n) is 12.7. The minimum atomic E-state index is -3.99. The third-order valence-electron chi connectivity index (χ3n) is 6.15. The Hall–Kier alpha value is -2.49. The molecule has 1 N–H and O–H groups in total. The number of halogens is 4. The fourth-order valence-electron chi connectivity index (χ4n) is 4.08. The van der Waals surface area contributed by atoms with Crippen LogP contribution >= 0.6 is 46.4 Å². The van der Waals surface area contributed by atoms with E-state index < -0.39 is 28.5 Å². The second-order valence-electron chi connectivity index (χ2n) is 9.98. The Morgan fingerprint density at radius 1 is 0.854 bits per heavy atom. The van der Waals surface area contributed by atoms with Gasteiger partial charge in [0.25, 0.3) is 0 Å². The van der Waals surface area contributed by atoms with Gasteiger partial charge in [0.15, 0.2) is 0 Å². The van der Waals surface area contributed by atoms with Crippen LogP contribution in [0.5, 0.6) is 0 Å². The Kier molecular flexibility index (Phi) is 11.8. The Morgan fingerprint density at radius 2 is 1.51 bits per heavy atom. The Bertz CT molecular complexity index is 1490. The maximum Gasteiger partial charge on any atom is 0.244 e. The first-order valence-corrected chi connectivity index (χ1v) is 16.1. The van der Waals surface area contributed by atoms with Crippen LogP contribution in [0.2, 0.25) is 20.1 Å². The van der Waals surface area contributed by atoms with Gasteiger partial charge in [0.1, 0.15) is 12.6 Å². The molecule has 3 aromatic carbocycles. The lowest BCUT2D eigenvalue weighted by Crippen LogP contribution is -2.53. The van der Waals surface area contributed by atoms with Crippen molar-refractivity contribution in [2.75, 3.05) is 23.7 Å². The van der Waals surface area contributed by atoms with Crippen LogP contribution in [0.4, 0.5) is 5.69 Å². The normalized spacial score (nSPS) is 12.2. The molecule has 0 unspecified atom stereocenters. The van der Waals surface area contributed by atoms with E-state index in [4.69, 9.17) is 46.4 Å². The molecule has 0 fully saturated rings. The number of anilines is 1. The minimum Gasteiger partial charge on any atom is -0.354 e.